The average Bonchev–Trinajstić information content (AvgIpc) is 3.15. The third kappa shape index (κ3) is 5.25. The monoisotopic (exact) mass is 352 g/mol. The molecule has 0 saturated carbocycles. The SMILES string of the molecule is Cc1ccccc1OCCCC(=O)NCC1CCN(c2ccccc2)C1. The highest BCUT2D eigenvalue weighted by molar-refractivity contribution is 5.75. The van der Waals surface area contributed by atoms with Crippen molar-refractivity contribution in [2.75, 3.05) is 31.1 Å². The van der Waals surface area contributed by atoms with E-state index in [9.17, 15) is 4.79 Å². The van der Waals surface area contributed by atoms with E-state index in [2.05, 4.69) is 34.5 Å². The van der Waals surface area contributed by atoms with Gasteiger partial charge in [0.1, 0.15) is 5.75 Å². The number of ether oxygens (including phenoxy) is 1. The van der Waals surface area contributed by atoms with Crippen molar-refractivity contribution in [2.24, 2.45) is 5.92 Å². The van der Waals surface area contributed by atoms with Crippen LogP contribution in [-0.4, -0.2) is 32.1 Å². The van der Waals surface area contributed by atoms with E-state index in [0.29, 0.717) is 18.9 Å². The van der Waals surface area contributed by atoms with E-state index in [1.54, 1.807) is 0 Å². The fourth-order valence-electron chi connectivity index (χ4n) is 3.35. The molecule has 0 radical (unpaired) electrons. The molecule has 1 fully saturated rings. The van der Waals surface area contributed by atoms with Gasteiger partial charge in [-0.25, -0.2) is 0 Å². The van der Waals surface area contributed by atoms with Crippen LogP contribution in [0.5, 0.6) is 5.75 Å². The van der Waals surface area contributed by atoms with Crippen molar-refractivity contribution in [3.05, 3.63) is 60.2 Å². The van der Waals surface area contributed by atoms with E-state index in [-0.39, 0.29) is 5.91 Å². The number of nitrogens with one attached hydrogen (secondary N) is 1. The Morgan fingerprint density at radius 2 is 1.92 bits per heavy atom. The molecule has 0 bridgehead atoms. The summed E-state index contributed by atoms with van der Waals surface area (Å²) in [7, 11) is 0. The fourth-order valence-corrected chi connectivity index (χ4v) is 3.35. The predicted molar refractivity (Wildman–Crippen MR) is 106 cm³/mol. The van der Waals surface area contributed by atoms with Gasteiger partial charge in [-0.1, -0.05) is 36.4 Å². The highest BCUT2D eigenvalue weighted by atomic mass is 16.5. The smallest absolute Gasteiger partial charge is 0.220 e. The van der Waals surface area contributed by atoms with Crippen molar-refractivity contribution in [1.29, 1.82) is 0 Å². The third-order valence-corrected chi connectivity index (χ3v) is 4.89. The van der Waals surface area contributed by atoms with Gasteiger partial charge in [-0.3, -0.25) is 4.79 Å². The normalized spacial score (nSPS) is 16.5. The first kappa shape index (κ1) is 18.3. The number of anilines is 1. The molecule has 1 atom stereocenters. The van der Waals surface area contributed by atoms with Crippen LogP contribution in [-0.2, 0) is 4.79 Å². The number of para-hydroxylation sites is 2. The molecule has 3 rings (SSSR count). The molecule has 1 aliphatic rings. The van der Waals surface area contributed by atoms with E-state index in [1.807, 2.05) is 37.3 Å². The van der Waals surface area contributed by atoms with Crippen LogP contribution in [0.1, 0.15) is 24.8 Å². The summed E-state index contributed by atoms with van der Waals surface area (Å²) in [4.78, 5) is 14.4. The van der Waals surface area contributed by atoms with Gasteiger partial charge in [-0.2, -0.15) is 0 Å². The zero-order valence-corrected chi connectivity index (χ0v) is 15.5. The highest BCUT2D eigenvalue weighted by Crippen LogP contribution is 2.23. The quantitative estimate of drug-likeness (QED) is 0.735. The van der Waals surface area contributed by atoms with Gasteiger partial charge >= 0.3 is 0 Å². The summed E-state index contributed by atoms with van der Waals surface area (Å²) in [5.74, 6) is 1.55. The molecule has 4 nitrogen and oxygen atoms in total. The largest absolute Gasteiger partial charge is 0.493 e. The summed E-state index contributed by atoms with van der Waals surface area (Å²) in [5.41, 5.74) is 2.40. The van der Waals surface area contributed by atoms with Crippen LogP contribution in [0.2, 0.25) is 0 Å². The molecule has 138 valence electrons. The first-order valence-electron chi connectivity index (χ1n) is 9.47. The zero-order valence-electron chi connectivity index (χ0n) is 15.5. The molecule has 1 aliphatic heterocycles. The first-order valence-corrected chi connectivity index (χ1v) is 9.47. The molecule has 0 spiro atoms. The van der Waals surface area contributed by atoms with Gasteiger partial charge < -0.3 is 15.0 Å². The predicted octanol–water partition coefficient (Wildman–Crippen LogP) is 3.80. The molecular weight excluding hydrogens is 324 g/mol. The lowest BCUT2D eigenvalue weighted by Crippen LogP contribution is -2.31. The van der Waals surface area contributed by atoms with Gasteiger partial charge in [0, 0.05) is 31.7 Å². The lowest BCUT2D eigenvalue weighted by molar-refractivity contribution is -0.121. The van der Waals surface area contributed by atoms with E-state index < -0.39 is 0 Å². The summed E-state index contributed by atoms with van der Waals surface area (Å²) in [6, 6.07) is 18.4. The standard InChI is InChI=1S/C22H28N2O2/c1-18-8-5-6-11-21(18)26-15-7-12-22(25)23-16-19-13-14-24(17-19)20-9-3-2-4-10-20/h2-6,8-11,19H,7,12-17H2,1H3,(H,23,25). The van der Waals surface area contributed by atoms with Gasteiger partial charge in [0.05, 0.1) is 6.61 Å². The van der Waals surface area contributed by atoms with Gasteiger partial charge in [-0.05, 0) is 49.4 Å². The molecular formula is C22H28N2O2. The minimum absolute atomic E-state index is 0.122. The summed E-state index contributed by atoms with van der Waals surface area (Å²) >= 11 is 0. The summed E-state index contributed by atoms with van der Waals surface area (Å²) in [6.45, 7) is 5.45. The van der Waals surface area contributed by atoms with Crippen LogP contribution in [0.25, 0.3) is 0 Å². The number of nitrogens with zero attached hydrogens (tertiary/aromatic N) is 1. The number of benzene rings is 2. The minimum atomic E-state index is 0.122. The number of amides is 1. The zero-order chi connectivity index (χ0) is 18.2. The second-order valence-electron chi connectivity index (χ2n) is 6.96. The molecule has 0 aliphatic carbocycles. The number of carbonyl (C=O) groups excluding carboxylic acids is 1. The topological polar surface area (TPSA) is 41.6 Å². The highest BCUT2D eigenvalue weighted by Gasteiger charge is 2.22. The van der Waals surface area contributed by atoms with Crippen LogP contribution in [0.3, 0.4) is 0 Å². The molecule has 2 aromatic carbocycles. The molecule has 4 heteroatoms. The van der Waals surface area contributed by atoms with Crippen molar-refractivity contribution in [3.63, 3.8) is 0 Å². The Balaban J connectivity index is 1.30. The van der Waals surface area contributed by atoms with Crippen molar-refractivity contribution in [3.8, 4) is 5.75 Å². The second-order valence-corrected chi connectivity index (χ2v) is 6.96. The second kappa shape index (κ2) is 9.27. The molecule has 26 heavy (non-hydrogen) atoms. The molecule has 0 aromatic heterocycles. The number of rotatable bonds is 8. The summed E-state index contributed by atoms with van der Waals surface area (Å²) in [6.07, 6.45) is 2.38. The maximum atomic E-state index is 12.0. The Labute approximate surface area is 156 Å². The maximum absolute atomic E-state index is 12.0. The average molecular weight is 352 g/mol. The van der Waals surface area contributed by atoms with E-state index in [0.717, 1.165) is 43.8 Å². The summed E-state index contributed by atoms with van der Waals surface area (Å²) in [5, 5.41) is 3.09. The van der Waals surface area contributed by atoms with Gasteiger partial charge in [0.2, 0.25) is 5.91 Å². The molecule has 1 amide bonds. The fraction of sp³-hybridized carbons (Fsp3) is 0.409. The van der Waals surface area contributed by atoms with Crippen molar-refractivity contribution in [2.45, 2.75) is 26.2 Å². The van der Waals surface area contributed by atoms with Gasteiger partial charge in [0.25, 0.3) is 0 Å². The number of hydrogen-bond donors (Lipinski definition) is 1. The maximum Gasteiger partial charge on any atom is 0.220 e. The van der Waals surface area contributed by atoms with E-state index >= 15 is 0 Å². The van der Waals surface area contributed by atoms with Crippen molar-refractivity contribution >= 4 is 11.6 Å². The van der Waals surface area contributed by atoms with Crippen LogP contribution in [0, 0.1) is 12.8 Å². The molecule has 1 saturated heterocycles. The van der Waals surface area contributed by atoms with Crippen molar-refractivity contribution in [1.82, 2.24) is 5.32 Å². The van der Waals surface area contributed by atoms with E-state index in [4.69, 9.17) is 4.74 Å². The Bertz CT molecular complexity index is 702. The molecule has 1 N–H and O–H groups in total. The van der Waals surface area contributed by atoms with Gasteiger partial charge in [-0.15, -0.1) is 0 Å². The third-order valence-electron chi connectivity index (χ3n) is 4.89. The minimum Gasteiger partial charge on any atom is -0.493 e. The molecule has 2 aromatic rings. The summed E-state index contributed by atoms with van der Waals surface area (Å²) < 4.78 is 5.74. The number of aryl methyl sites for hydroxylation is 1. The van der Waals surface area contributed by atoms with Crippen LogP contribution in [0.4, 0.5) is 5.69 Å². The number of carbonyl (C=O) groups is 1. The Kier molecular flexibility index (Phi) is 6.53. The first-order chi connectivity index (χ1) is 12.7. The molecule has 1 heterocycles. The molecule has 1 unspecified atom stereocenters. The van der Waals surface area contributed by atoms with Crippen LogP contribution < -0.4 is 15.0 Å². The van der Waals surface area contributed by atoms with Crippen LogP contribution in [0.15, 0.2) is 54.6 Å². The van der Waals surface area contributed by atoms with Crippen LogP contribution >= 0.6 is 0 Å². The lowest BCUT2D eigenvalue weighted by atomic mass is 10.1. The van der Waals surface area contributed by atoms with Gasteiger partial charge in [0.15, 0.2) is 0 Å². The number of hydrogen-bond acceptors (Lipinski definition) is 3. The lowest BCUT2D eigenvalue weighted by Gasteiger charge is -2.18. The Hall–Kier alpha value is -2.49. The Morgan fingerprint density at radius 1 is 1.15 bits per heavy atom. The van der Waals surface area contributed by atoms with Crippen molar-refractivity contribution < 1.29 is 9.53 Å². The Morgan fingerprint density at radius 3 is 2.73 bits per heavy atom. The van der Waals surface area contributed by atoms with E-state index in [1.165, 1.54) is 5.69 Å².